The summed E-state index contributed by atoms with van der Waals surface area (Å²) in [5.41, 5.74) is 2.16. The molecular formula is C26H30N4O5. The molecule has 35 heavy (non-hydrogen) atoms. The molecule has 0 bridgehead atoms. The number of amides is 1. The van der Waals surface area contributed by atoms with E-state index in [1.165, 1.54) is 6.08 Å². The minimum Gasteiger partial charge on any atom is -0.497 e. The van der Waals surface area contributed by atoms with Gasteiger partial charge in [-0.15, -0.1) is 0 Å². The molecule has 3 heterocycles. The van der Waals surface area contributed by atoms with Crippen LogP contribution in [0.2, 0.25) is 0 Å². The zero-order valence-electron chi connectivity index (χ0n) is 19.8. The smallest absolute Gasteiger partial charge is 0.246 e. The molecule has 9 nitrogen and oxygen atoms in total. The van der Waals surface area contributed by atoms with Gasteiger partial charge in [-0.3, -0.25) is 4.79 Å². The molecule has 3 aromatic rings. The number of aliphatic hydroxyl groups is 1. The molecule has 1 fully saturated rings. The van der Waals surface area contributed by atoms with Gasteiger partial charge in [0.25, 0.3) is 0 Å². The van der Waals surface area contributed by atoms with E-state index < -0.39 is 6.23 Å². The number of methoxy groups -OCH3 is 1. The number of carbonyl (C=O) groups is 1. The standard InChI is InChI=1S/C26H30N4O5/c1-3-22(31)29-12-5-4-8-18(16-29)30-23-20(10-11-21-24(23)35-14-13-34-21)27-26(30)28-25(32)17-7-6-9-19(15-17)33-2/h3,6-7,9-11,15,18,25,32H,1,4-5,8,12-14,16H2,2H3,(H,27,28)/t18-,25?/m1/s1. The van der Waals surface area contributed by atoms with Crippen molar-refractivity contribution in [2.75, 3.05) is 38.7 Å². The van der Waals surface area contributed by atoms with Crippen LogP contribution in [0.3, 0.4) is 0 Å². The third-order valence-corrected chi connectivity index (χ3v) is 6.53. The van der Waals surface area contributed by atoms with Crippen LogP contribution < -0.4 is 19.5 Å². The number of imidazole rings is 1. The van der Waals surface area contributed by atoms with Gasteiger partial charge in [0, 0.05) is 18.7 Å². The van der Waals surface area contributed by atoms with Gasteiger partial charge < -0.3 is 34.1 Å². The van der Waals surface area contributed by atoms with Crippen molar-refractivity contribution in [1.29, 1.82) is 0 Å². The van der Waals surface area contributed by atoms with Crippen molar-refractivity contribution >= 4 is 22.9 Å². The van der Waals surface area contributed by atoms with Gasteiger partial charge in [0.15, 0.2) is 17.7 Å². The average molecular weight is 479 g/mol. The summed E-state index contributed by atoms with van der Waals surface area (Å²) < 4.78 is 19.2. The molecule has 0 saturated carbocycles. The van der Waals surface area contributed by atoms with Gasteiger partial charge in [-0.2, -0.15) is 0 Å². The zero-order valence-corrected chi connectivity index (χ0v) is 19.8. The Balaban J connectivity index is 1.59. The zero-order chi connectivity index (χ0) is 24.4. The second kappa shape index (κ2) is 9.87. The minimum absolute atomic E-state index is 0.0802. The highest BCUT2D eigenvalue weighted by Crippen LogP contribution is 2.42. The maximum absolute atomic E-state index is 12.5. The lowest BCUT2D eigenvalue weighted by Gasteiger charge is -2.28. The molecule has 1 aromatic heterocycles. The number of hydrogen-bond donors (Lipinski definition) is 2. The molecule has 2 aromatic carbocycles. The number of ether oxygens (including phenoxy) is 3. The number of nitrogens with one attached hydrogen (secondary N) is 1. The molecular weight excluding hydrogens is 448 g/mol. The highest BCUT2D eigenvalue weighted by molar-refractivity contribution is 5.88. The molecule has 0 aliphatic carbocycles. The summed E-state index contributed by atoms with van der Waals surface area (Å²) in [5, 5.41) is 14.2. The molecule has 2 atom stereocenters. The number of carbonyl (C=O) groups excluding carboxylic acids is 1. The van der Waals surface area contributed by atoms with Crippen LogP contribution in [0.4, 0.5) is 5.95 Å². The van der Waals surface area contributed by atoms with Crippen LogP contribution in [0.25, 0.3) is 11.0 Å². The topological polar surface area (TPSA) is 98.1 Å². The van der Waals surface area contributed by atoms with Crippen molar-refractivity contribution in [3.63, 3.8) is 0 Å². The summed E-state index contributed by atoms with van der Waals surface area (Å²) in [5.74, 6) is 2.36. The lowest BCUT2D eigenvalue weighted by Crippen LogP contribution is -2.34. The third kappa shape index (κ3) is 4.51. The van der Waals surface area contributed by atoms with Crippen molar-refractivity contribution in [3.8, 4) is 17.2 Å². The van der Waals surface area contributed by atoms with Gasteiger partial charge in [0.1, 0.15) is 24.5 Å². The first-order valence-electron chi connectivity index (χ1n) is 11.9. The van der Waals surface area contributed by atoms with E-state index in [9.17, 15) is 9.90 Å². The van der Waals surface area contributed by atoms with Crippen molar-refractivity contribution < 1.29 is 24.1 Å². The predicted octanol–water partition coefficient (Wildman–Crippen LogP) is 3.66. The quantitative estimate of drug-likeness (QED) is 0.412. The first-order chi connectivity index (χ1) is 17.1. The summed E-state index contributed by atoms with van der Waals surface area (Å²) in [4.78, 5) is 19.2. The van der Waals surface area contributed by atoms with Crippen molar-refractivity contribution in [1.82, 2.24) is 14.5 Å². The summed E-state index contributed by atoms with van der Waals surface area (Å²) in [6.07, 6.45) is 3.05. The number of aromatic nitrogens is 2. The fraction of sp³-hybridized carbons (Fsp3) is 0.385. The van der Waals surface area contributed by atoms with E-state index in [0.29, 0.717) is 55.1 Å². The molecule has 0 spiro atoms. The second-order valence-electron chi connectivity index (χ2n) is 8.72. The Morgan fingerprint density at radius 3 is 2.97 bits per heavy atom. The van der Waals surface area contributed by atoms with E-state index in [0.717, 1.165) is 30.3 Å². The van der Waals surface area contributed by atoms with Gasteiger partial charge in [0.2, 0.25) is 11.9 Å². The first kappa shape index (κ1) is 23.0. The van der Waals surface area contributed by atoms with Gasteiger partial charge in [-0.25, -0.2) is 4.98 Å². The highest BCUT2D eigenvalue weighted by atomic mass is 16.6. The Labute approximate surface area is 203 Å². The number of benzene rings is 2. The molecule has 9 heteroatoms. The molecule has 2 aliphatic rings. The second-order valence-corrected chi connectivity index (χ2v) is 8.72. The minimum atomic E-state index is -1.02. The molecule has 2 aliphatic heterocycles. The summed E-state index contributed by atoms with van der Waals surface area (Å²) >= 11 is 0. The summed E-state index contributed by atoms with van der Waals surface area (Å²) in [6, 6.07) is 10.9. The monoisotopic (exact) mass is 478 g/mol. The maximum atomic E-state index is 12.5. The van der Waals surface area contributed by atoms with Crippen LogP contribution >= 0.6 is 0 Å². The largest absolute Gasteiger partial charge is 0.497 e. The molecule has 1 amide bonds. The van der Waals surface area contributed by atoms with Crippen LogP contribution in [0.15, 0.2) is 49.1 Å². The SMILES string of the molecule is C=CC(=O)N1CCCC[C@@H](n2c(NC(O)c3cccc(OC)c3)nc3ccc4c(c32)OCCO4)C1. The summed E-state index contributed by atoms with van der Waals surface area (Å²) in [6.45, 7) is 5.78. The Morgan fingerprint density at radius 1 is 1.29 bits per heavy atom. The first-order valence-corrected chi connectivity index (χ1v) is 11.9. The molecule has 1 saturated heterocycles. The fourth-order valence-corrected chi connectivity index (χ4v) is 4.82. The summed E-state index contributed by atoms with van der Waals surface area (Å²) in [7, 11) is 1.59. The van der Waals surface area contributed by atoms with Gasteiger partial charge in [-0.1, -0.05) is 18.7 Å². The van der Waals surface area contributed by atoms with Crippen LogP contribution in [0.5, 0.6) is 17.2 Å². The van der Waals surface area contributed by atoms with E-state index in [1.54, 1.807) is 13.2 Å². The Bertz CT molecular complexity index is 1240. The molecule has 0 radical (unpaired) electrons. The number of rotatable bonds is 6. The lowest BCUT2D eigenvalue weighted by molar-refractivity contribution is -0.126. The Morgan fingerprint density at radius 2 is 2.14 bits per heavy atom. The number of likely N-dealkylation sites (tertiary alicyclic amines) is 1. The number of hydrogen-bond acceptors (Lipinski definition) is 7. The molecule has 5 rings (SSSR count). The van der Waals surface area contributed by atoms with Crippen LogP contribution in [-0.2, 0) is 4.79 Å². The molecule has 1 unspecified atom stereocenters. The van der Waals surface area contributed by atoms with E-state index in [2.05, 4.69) is 16.5 Å². The van der Waals surface area contributed by atoms with Gasteiger partial charge in [-0.05, 0) is 49.6 Å². The normalized spacial score (nSPS) is 18.6. The maximum Gasteiger partial charge on any atom is 0.246 e. The van der Waals surface area contributed by atoms with Crippen molar-refractivity contribution in [3.05, 3.63) is 54.6 Å². The highest BCUT2D eigenvalue weighted by Gasteiger charge is 2.30. The van der Waals surface area contributed by atoms with Crippen molar-refractivity contribution in [2.45, 2.75) is 31.5 Å². The molecule has 2 N–H and O–H groups in total. The number of anilines is 1. The third-order valence-electron chi connectivity index (χ3n) is 6.53. The van der Waals surface area contributed by atoms with Crippen LogP contribution in [0, 0.1) is 0 Å². The van der Waals surface area contributed by atoms with Gasteiger partial charge >= 0.3 is 0 Å². The number of nitrogens with zero attached hydrogens (tertiary/aromatic N) is 3. The lowest BCUT2D eigenvalue weighted by atomic mass is 10.1. The average Bonchev–Trinajstić information content (AvgIpc) is 3.09. The molecule has 184 valence electrons. The predicted molar refractivity (Wildman–Crippen MR) is 132 cm³/mol. The Hall–Kier alpha value is -3.72. The van der Waals surface area contributed by atoms with E-state index in [1.807, 2.05) is 35.2 Å². The number of aliphatic hydroxyl groups excluding tert-OH is 1. The van der Waals surface area contributed by atoms with Crippen LogP contribution in [0.1, 0.15) is 37.1 Å². The van der Waals surface area contributed by atoms with E-state index in [-0.39, 0.29) is 11.9 Å². The van der Waals surface area contributed by atoms with E-state index in [4.69, 9.17) is 19.2 Å². The van der Waals surface area contributed by atoms with Crippen LogP contribution in [-0.4, -0.2) is 58.9 Å². The fourth-order valence-electron chi connectivity index (χ4n) is 4.82. The Kier molecular flexibility index (Phi) is 6.50. The van der Waals surface area contributed by atoms with Gasteiger partial charge in [0.05, 0.1) is 18.7 Å². The van der Waals surface area contributed by atoms with E-state index >= 15 is 0 Å². The number of fused-ring (bicyclic) bond motifs is 3. The van der Waals surface area contributed by atoms with Crippen molar-refractivity contribution in [2.24, 2.45) is 0 Å².